The molecule has 3 aromatic rings. The molecule has 2 N–H and O–H groups in total. The Morgan fingerprint density at radius 2 is 1.70 bits per heavy atom. The van der Waals surface area contributed by atoms with E-state index in [0.29, 0.717) is 11.5 Å². The second-order valence-electron chi connectivity index (χ2n) is 7.47. The van der Waals surface area contributed by atoms with Crippen molar-refractivity contribution in [3.05, 3.63) is 95.3 Å². The molecule has 1 fully saturated rings. The molecule has 4 rings (SSSR count). The molecule has 3 aromatic carbocycles. The first-order valence-electron chi connectivity index (χ1n) is 10.3. The molecule has 0 aromatic heterocycles. The van der Waals surface area contributed by atoms with E-state index in [-0.39, 0.29) is 11.5 Å². The molecule has 2 atom stereocenters. The number of ether oxygens (including phenoxy) is 2. The quantitative estimate of drug-likeness (QED) is 0.569. The molecule has 8 heteroatoms. The number of amides is 2. The summed E-state index contributed by atoms with van der Waals surface area (Å²) in [7, 11) is 3.15. The molecular weight excluding hydrogens is 425 g/mol. The van der Waals surface area contributed by atoms with Crippen molar-refractivity contribution < 1.29 is 28.1 Å². The smallest absolute Gasteiger partial charge is 0.304 e. The van der Waals surface area contributed by atoms with Gasteiger partial charge < -0.3 is 14.8 Å². The number of halogens is 1. The standard InChI is InChI=1S/C25H22FN3O4/c1-32-20-12-8-17(9-13-20)23-22(27-24(30)18-6-10-19(26)11-7-18)25(31)28-29(23)15-16-4-3-5-21(14-16)33-2/h3-15,22-23H,1-2H3,(H-,27,28,30,31)/p+1/b29-15-/t22-,23-/m1/s1. The molecule has 0 spiro atoms. The molecule has 33 heavy (non-hydrogen) atoms. The Kier molecular flexibility index (Phi) is 6.35. The highest BCUT2D eigenvalue weighted by molar-refractivity contribution is 5.98. The molecule has 1 aliphatic rings. The third-order valence-corrected chi connectivity index (χ3v) is 5.37. The largest absolute Gasteiger partial charge is 0.497 e. The van der Waals surface area contributed by atoms with E-state index in [4.69, 9.17) is 9.47 Å². The fourth-order valence-electron chi connectivity index (χ4n) is 3.69. The first kappa shape index (κ1) is 22.0. The summed E-state index contributed by atoms with van der Waals surface area (Å²) in [5.74, 6) is 0.0605. The van der Waals surface area contributed by atoms with E-state index >= 15 is 0 Å². The van der Waals surface area contributed by atoms with E-state index in [2.05, 4.69) is 10.7 Å². The average Bonchev–Trinajstić information content (AvgIpc) is 3.13. The highest BCUT2D eigenvalue weighted by Gasteiger charge is 2.47. The molecule has 168 valence electrons. The Labute approximate surface area is 190 Å². The van der Waals surface area contributed by atoms with Gasteiger partial charge >= 0.3 is 5.91 Å². The number of benzene rings is 3. The minimum atomic E-state index is -0.891. The van der Waals surface area contributed by atoms with E-state index < -0.39 is 23.8 Å². The first-order valence-corrected chi connectivity index (χ1v) is 10.3. The Morgan fingerprint density at radius 1 is 1.00 bits per heavy atom. The molecule has 7 nitrogen and oxygen atoms in total. The summed E-state index contributed by atoms with van der Waals surface area (Å²) in [6, 6.07) is 18.4. The maximum Gasteiger partial charge on any atom is 0.304 e. The van der Waals surface area contributed by atoms with Gasteiger partial charge in [0.2, 0.25) is 12.3 Å². The van der Waals surface area contributed by atoms with Crippen molar-refractivity contribution in [2.75, 3.05) is 14.2 Å². The van der Waals surface area contributed by atoms with E-state index in [9.17, 15) is 14.0 Å². The number of hydrogen-bond donors (Lipinski definition) is 2. The number of methoxy groups -OCH3 is 2. The number of hydrazine groups is 1. The van der Waals surface area contributed by atoms with Gasteiger partial charge in [-0.2, -0.15) is 0 Å². The van der Waals surface area contributed by atoms with Gasteiger partial charge in [-0.25, -0.2) is 4.39 Å². The molecule has 0 saturated carbocycles. The molecule has 1 heterocycles. The average molecular weight is 448 g/mol. The van der Waals surface area contributed by atoms with Gasteiger partial charge in [-0.3, -0.25) is 9.59 Å². The van der Waals surface area contributed by atoms with Gasteiger partial charge in [0.1, 0.15) is 17.3 Å². The minimum Gasteiger partial charge on any atom is -0.497 e. The molecule has 2 amide bonds. The molecule has 1 aliphatic heterocycles. The summed E-state index contributed by atoms with van der Waals surface area (Å²) < 4.78 is 25.4. The van der Waals surface area contributed by atoms with Crippen LogP contribution in [0.25, 0.3) is 0 Å². The number of carbonyl (C=O) groups excluding carboxylic acids is 2. The van der Waals surface area contributed by atoms with Gasteiger partial charge in [0.25, 0.3) is 5.91 Å². The Balaban J connectivity index is 1.70. The zero-order valence-corrected chi connectivity index (χ0v) is 18.1. The van der Waals surface area contributed by atoms with Gasteiger partial charge in [-0.1, -0.05) is 6.07 Å². The van der Waals surface area contributed by atoms with E-state index in [1.165, 1.54) is 24.3 Å². The third-order valence-electron chi connectivity index (χ3n) is 5.37. The van der Waals surface area contributed by atoms with Gasteiger partial charge in [0.15, 0.2) is 6.04 Å². The summed E-state index contributed by atoms with van der Waals surface area (Å²) in [5.41, 5.74) is 4.68. The van der Waals surface area contributed by atoms with Crippen LogP contribution in [0.1, 0.15) is 27.5 Å². The lowest BCUT2D eigenvalue weighted by Crippen LogP contribution is -2.42. The minimum absolute atomic E-state index is 0.257. The predicted molar refractivity (Wildman–Crippen MR) is 120 cm³/mol. The van der Waals surface area contributed by atoms with Gasteiger partial charge in [0.05, 0.1) is 14.2 Å². The molecule has 0 bridgehead atoms. The van der Waals surface area contributed by atoms with Crippen LogP contribution >= 0.6 is 0 Å². The fourth-order valence-corrected chi connectivity index (χ4v) is 3.69. The monoisotopic (exact) mass is 448 g/mol. The van der Waals surface area contributed by atoms with Crippen LogP contribution in [-0.2, 0) is 4.79 Å². The van der Waals surface area contributed by atoms with Crippen molar-refractivity contribution in [1.29, 1.82) is 0 Å². The summed E-state index contributed by atoms with van der Waals surface area (Å²) in [5, 5.41) is 2.79. The summed E-state index contributed by atoms with van der Waals surface area (Å²) in [4.78, 5) is 25.7. The second-order valence-corrected chi connectivity index (χ2v) is 7.47. The zero-order valence-electron chi connectivity index (χ0n) is 18.1. The SMILES string of the molecule is COc1ccc([C@@H]2[C@@H](NC(=O)c3ccc(F)cc3)C(=O)N/[N+]2=C\c2cccc(OC)c2)cc1. The summed E-state index contributed by atoms with van der Waals surface area (Å²) in [6.07, 6.45) is 1.78. The lowest BCUT2D eigenvalue weighted by molar-refractivity contribution is -0.596. The van der Waals surface area contributed by atoms with Crippen LogP contribution < -0.4 is 20.2 Å². The topological polar surface area (TPSA) is 79.7 Å². The van der Waals surface area contributed by atoms with E-state index in [1.807, 2.05) is 36.4 Å². The number of carbonyl (C=O) groups is 2. The van der Waals surface area contributed by atoms with Crippen LogP contribution in [-0.4, -0.2) is 43.0 Å². The Morgan fingerprint density at radius 3 is 2.36 bits per heavy atom. The molecule has 1 saturated heterocycles. The molecule has 0 radical (unpaired) electrons. The second kappa shape index (κ2) is 9.52. The normalized spacial score (nSPS) is 18.6. The lowest BCUT2D eigenvalue weighted by atomic mass is 9.99. The highest BCUT2D eigenvalue weighted by Crippen LogP contribution is 2.27. The Bertz CT molecular complexity index is 1190. The van der Waals surface area contributed by atoms with E-state index in [1.54, 1.807) is 37.3 Å². The van der Waals surface area contributed by atoms with Crippen molar-refractivity contribution >= 4 is 18.0 Å². The van der Waals surface area contributed by atoms with Crippen molar-refractivity contribution in [2.24, 2.45) is 0 Å². The predicted octanol–water partition coefficient (Wildman–Crippen LogP) is 2.86. The van der Waals surface area contributed by atoms with Crippen molar-refractivity contribution in [2.45, 2.75) is 12.1 Å². The maximum atomic E-state index is 13.2. The number of nitrogens with one attached hydrogen (secondary N) is 2. The zero-order chi connectivity index (χ0) is 23.4. The van der Waals surface area contributed by atoms with Crippen molar-refractivity contribution in [1.82, 2.24) is 10.7 Å². The Hall–Kier alpha value is -4.20. The van der Waals surface area contributed by atoms with Crippen LogP contribution in [0.5, 0.6) is 11.5 Å². The number of hydrogen-bond acceptors (Lipinski definition) is 4. The molecule has 0 aliphatic carbocycles. The van der Waals surface area contributed by atoms with Crippen LogP contribution in [0.2, 0.25) is 0 Å². The van der Waals surface area contributed by atoms with Gasteiger partial charge in [-0.05, 0) is 66.7 Å². The van der Waals surface area contributed by atoms with Crippen molar-refractivity contribution in [3.8, 4) is 11.5 Å². The van der Waals surface area contributed by atoms with Crippen LogP contribution in [0.15, 0.2) is 72.8 Å². The van der Waals surface area contributed by atoms with E-state index in [0.717, 1.165) is 11.1 Å². The molecular formula is C25H23FN3O4+. The maximum absolute atomic E-state index is 13.2. The molecule has 0 unspecified atom stereocenters. The summed E-state index contributed by atoms with van der Waals surface area (Å²) in [6.45, 7) is 0. The van der Waals surface area contributed by atoms with Gasteiger partial charge in [0, 0.05) is 16.7 Å². The lowest BCUT2D eigenvalue weighted by Gasteiger charge is -2.15. The fraction of sp³-hybridized carbons (Fsp3) is 0.160. The van der Waals surface area contributed by atoms with Crippen LogP contribution in [0, 0.1) is 5.82 Å². The summed E-state index contributed by atoms with van der Waals surface area (Å²) >= 11 is 0. The van der Waals surface area contributed by atoms with Crippen molar-refractivity contribution in [3.63, 3.8) is 0 Å². The number of hydrazone groups is 1. The third kappa shape index (κ3) is 4.85. The van der Waals surface area contributed by atoms with Gasteiger partial charge in [-0.15, -0.1) is 10.1 Å². The highest BCUT2D eigenvalue weighted by atomic mass is 19.1. The first-order chi connectivity index (χ1) is 16.0. The number of rotatable bonds is 6. The van der Waals surface area contributed by atoms with Crippen LogP contribution in [0.4, 0.5) is 4.39 Å². The van der Waals surface area contributed by atoms with Crippen LogP contribution in [0.3, 0.4) is 0 Å². The number of nitrogens with zero attached hydrogens (tertiary/aromatic N) is 1.